The van der Waals surface area contributed by atoms with Crippen LogP contribution in [0.15, 0.2) is 24.3 Å². The van der Waals surface area contributed by atoms with Crippen LogP contribution in [0.3, 0.4) is 0 Å². The van der Waals surface area contributed by atoms with Crippen molar-refractivity contribution in [3.05, 3.63) is 35.4 Å². The van der Waals surface area contributed by atoms with Crippen molar-refractivity contribution in [3.63, 3.8) is 0 Å². The molecule has 3 nitrogen and oxygen atoms in total. The quantitative estimate of drug-likeness (QED) is 0.738. The molecule has 0 saturated heterocycles. The third-order valence-electron chi connectivity index (χ3n) is 4.94. The van der Waals surface area contributed by atoms with Gasteiger partial charge in [-0.25, -0.2) is 0 Å². The van der Waals surface area contributed by atoms with Crippen molar-refractivity contribution >= 4 is 5.78 Å². The molecule has 2 N–H and O–H groups in total. The average molecular weight is 356 g/mol. The fourth-order valence-electron chi connectivity index (χ4n) is 3.39. The first-order valence-corrected chi connectivity index (χ1v) is 9.88. The number of Topliss-reactive ketones (excluding diaryl/α,β-unsaturated/α-hetero) is 1. The Labute approximate surface area is 158 Å². The molecule has 0 amide bonds. The molecule has 0 bridgehead atoms. The second kappa shape index (κ2) is 9.90. The fourth-order valence-corrected chi connectivity index (χ4v) is 3.39. The normalized spacial score (nSPS) is 16.6. The standard InChI is InChI=1S/C23H33NO2/c1-23(2,3)24-16-9-5-8-15-21(25)22(26)20-14-10-13-19(17-20)18-11-6-4-7-12-18/h10,13-14,17-18,22,24,26H,4,6-8,11-12,15-16H2,1-3H3. The van der Waals surface area contributed by atoms with Crippen molar-refractivity contribution < 1.29 is 9.90 Å². The Morgan fingerprint density at radius 3 is 2.65 bits per heavy atom. The largest absolute Gasteiger partial charge is 0.381 e. The van der Waals surface area contributed by atoms with Crippen molar-refractivity contribution in [1.29, 1.82) is 0 Å². The summed E-state index contributed by atoms with van der Waals surface area (Å²) in [4.78, 5) is 12.3. The lowest BCUT2D eigenvalue weighted by Crippen LogP contribution is -2.35. The summed E-state index contributed by atoms with van der Waals surface area (Å²) < 4.78 is 0. The van der Waals surface area contributed by atoms with Crippen LogP contribution < -0.4 is 5.32 Å². The molecule has 1 aromatic carbocycles. The third kappa shape index (κ3) is 6.94. The minimum atomic E-state index is -1.03. The lowest BCUT2D eigenvalue weighted by molar-refractivity contribution is -0.127. The monoisotopic (exact) mass is 355 g/mol. The zero-order chi connectivity index (χ0) is 19.0. The van der Waals surface area contributed by atoms with Crippen LogP contribution in [0, 0.1) is 11.8 Å². The zero-order valence-electron chi connectivity index (χ0n) is 16.5. The molecule has 0 radical (unpaired) electrons. The summed E-state index contributed by atoms with van der Waals surface area (Å²) in [6.45, 7) is 6.89. The number of rotatable bonds is 6. The molecule has 0 spiro atoms. The lowest BCUT2D eigenvalue weighted by atomic mass is 9.83. The minimum Gasteiger partial charge on any atom is -0.381 e. The molecule has 2 rings (SSSR count). The van der Waals surface area contributed by atoms with Gasteiger partial charge >= 0.3 is 0 Å². The van der Waals surface area contributed by atoms with Gasteiger partial charge in [0.1, 0.15) is 6.10 Å². The summed E-state index contributed by atoms with van der Waals surface area (Å²) in [6.07, 6.45) is 6.05. The van der Waals surface area contributed by atoms with E-state index in [-0.39, 0.29) is 17.7 Å². The van der Waals surface area contributed by atoms with Crippen LogP contribution in [0.2, 0.25) is 0 Å². The van der Waals surface area contributed by atoms with Crippen LogP contribution in [-0.2, 0) is 4.79 Å². The van der Waals surface area contributed by atoms with Crippen LogP contribution in [-0.4, -0.2) is 23.0 Å². The van der Waals surface area contributed by atoms with Gasteiger partial charge in [0.25, 0.3) is 0 Å². The molecule has 1 unspecified atom stereocenters. The Morgan fingerprint density at radius 1 is 1.23 bits per heavy atom. The maximum Gasteiger partial charge on any atom is 0.166 e. The van der Waals surface area contributed by atoms with Crippen molar-refractivity contribution in [2.45, 2.75) is 83.3 Å². The maximum absolute atomic E-state index is 12.3. The number of hydrogen-bond acceptors (Lipinski definition) is 3. The number of hydrogen-bond donors (Lipinski definition) is 2. The lowest BCUT2D eigenvalue weighted by Gasteiger charge is -2.23. The van der Waals surface area contributed by atoms with Gasteiger partial charge in [0, 0.05) is 18.4 Å². The predicted molar refractivity (Wildman–Crippen MR) is 107 cm³/mol. The highest BCUT2D eigenvalue weighted by Crippen LogP contribution is 2.33. The number of ketones is 1. The molecule has 0 heterocycles. The first-order valence-electron chi connectivity index (χ1n) is 9.88. The minimum absolute atomic E-state index is 0.0457. The predicted octanol–water partition coefficient (Wildman–Crippen LogP) is 4.51. The van der Waals surface area contributed by atoms with Crippen LogP contribution in [0.4, 0.5) is 0 Å². The van der Waals surface area contributed by atoms with Crippen LogP contribution in [0.25, 0.3) is 0 Å². The van der Waals surface area contributed by atoms with Crippen molar-refractivity contribution in [2.75, 3.05) is 6.54 Å². The highest BCUT2D eigenvalue weighted by molar-refractivity contribution is 5.84. The number of benzene rings is 1. The number of carbonyl (C=O) groups excluding carboxylic acids is 1. The highest BCUT2D eigenvalue weighted by Gasteiger charge is 2.20. The first-order chi connectivity index (χ1) is 12.4. The van der Waals surface area contributed by atoms with E-state index in [0.29, 0.717) is 18.9 Å². The first kappa shape index (κ1) is 20.7. The van der Waals surface area contributed by atoms with E-state index in [1.165, 1.54) is 37.7 Å². The van der Waals surface area contributed by atoms with Gasteiger partial charge in [-0.2, -0.15) is 0 Å². The number of aliphatic hydroxyl groups excluding tert-OH is 1. The molecule has 0 aliphatic heterocycles. The zero-order valence-corrected chi connectivity index (χ0v) is 16.5. The summed E-state index contributed by atoms with van der Waals surface area (Å²) in [5.74, 6) is 6.47. The van der Waals surface area contributed by atoms with Gasteiger partial charge in [0.05, 0.1) is 6.54 Å². The van der Waals surface area contributed by atoms with Gasteiger partial charge in [-0.15, -0.1) is 5.92 Å². The van der Waals surface area contributed by atoms with Crippen molar-refractivity contribution in [3.8, 4) is 11.8 Å². The molecule has 26 heavy (non-hydrogen) atoms. The van der Waals surface area contributed by atoms with E-state index in [1.54, 1.807) is 0 Å². The van der Waals surface area contributed by atoms with Gasteiger partial charge in [-0.1, -0.05) is 49.4 Å². The highest BCUT2D eigenvalue weighted by atomic mass is 16.3. The van der Waals surface area contributed by atoms with Gasteiger partial charge in [0.2, 0.25) is 0 Å². The Bertz CT molecular complexity index is 642. The van der Waals surface area contributed by atoms with E-state index in [4.69, 9.17) is 0 Å². The number of nitrogens with one attached hydrogen (secondary N) is 1. The molecule has 1 aliphatic carbocycles. The van der Waals surface area contributed by atoms with Crippen molar-refractivity contribution in [1.82, 2.24) is 5.32 Å². The Morgan fingerprint density at radius 2 is 1.96 bits per heavy atom. The van der Waals surface area contributed by atoms with E-state index >= 15 is 0 Å². The molecule has 1 atom stereocenters. The summed E-state index contributed by atoms with van der Waals surface area (Å²) in [7, 11) is 0. The summed E-state index contributed by atoms with van der Waals surface area (Å²) in [6, 6.07) is 7.98. The van der Waals surface area contributed by atoms with E-state index < -0.39 is 6.10 Å². The number of carbonyl (C=O) groups is 1. The molecular formula is C23H33NO2. The molecule has 3 heteroatoms. The molecule has 1 fully saturated rings. The second-order valence-electron chi connectivity index (χ2n) is 8.33. The molecular weight excluding hydrogens is 322 g/mol. The summed E-state index contributed by atoms with van der Waals surface area (Å²) in [5.41, 5.74) is 2.03. The molecule has 0 aromatic heterocycles. The van der Waals surface area contributed by atoms with Gasteiger partial charge in [-0.3, -0.25) is 4.79 Å². The maximum atomic E-state index is 12.3. The molecule has 1 saturated carbocycles. The van der Waals surface area contributed by atoms with E-state index in [9.17, 15) is 9.90 Å². The third-order valence-corrected chi connectivity index (χ3v) is 4.94. The summed E-state index contributed by atoms with van der Waals surface area (Å²) >= 11 is 0. The SMILES string of the molecule is CC(C)(C)NCC#CCCC(=O)C(O)c1cccc(C2CCCCC2)c1. The van der Waals surface area contributed by atoms with Gasteiger partial charge < -0.3 is 10.4 Å². The Kier molecular flexibility index (Phi) is 7.87. The van der Waals surface area contributed by atoms with Crippen LogP contribution >= 0.6 is 0 Å². The van der Waals surface area contributed by atoms with Crippen molar-refractivity contribution in [2.24, 2.45) is 0 Å². The Hall–Kier alpha value is -1.63. The van der Waals surface area contributed by atoms with Crippen LogP contribution in [0.5, 0.6) is 0 Å². The summed E-state index contributed by atoms with van der Waals surface area (Å²) in [5, 5.41) is 13.7. The van der Waals surface area contributed by atoms with E-state index in [0.717, 1.165) is 5.56 Å². The molecule has 142 valence electrons. The topological polar surface area (TPSA) is 49.3 Å². The Balaban J connectivity index is 1.85. The fraction of sp³-hybridized carbons (Fsp3) is 0.609. The smallest absolute Gasteiger partial charge is 0.166 e. The van der Waals surface area contributed by atoms with Gasteiger partial charge in [-0.05, 0) is 50.7 Å². The molecule has 1 aliphatic rings. The van der Waals surface area contributed by atoms with Crippen LogP contribution in [0.1, 0.15) is 88.9 Å². The number of aliphatic hydroxyl groups is 1. The van der Waals surface area contributed by atoms with Gasteiger partial charge in [0.15, 0.2) is 5.78 Å². The van der Waals surface area contributed by atoms with E-state index in [1.807, 2.05) is 18.2 Å². The average Bonchev–Trinajstić information content (AvgIpc) is 2.63. The molecule has 1 aromatic rings. The van der Waals surface area contributed by atoms with E-state index in [2.05, 4.69) is 44.0 Å². The second-order valence-corrected chi connectivity index (χ2v) is 8.33.